The number of furan rings is 1. The molecule has 0 radical (unpaired) electrons. The number of aromatic nitrogens is 3. The molecule has 0 spiro atoms. The number of carbonyl (C=O) groups is 1. The van der Waals surface area contributed by atoms with Crippen LogP contribution in [-0.2, 0) is 11.3 Å². The van der Waals surface area contributed by atoms with Crippen molar-refractivity contribution in [2.24, 2.45) is 0 Å². The molecule has 0 aliphatic rings. The lowest BCUT2D eigenvalue weighted by atomic mass is 10.2. The van der Waals surface area contributed by atoms with Crippen molar-refractivity contribution in [2.75, 3.05) is 4.90 Å². The molecule has 0 saturated heterocycles. The lowest BCUT2D eigenvalue weighted by Crippen LogP contribution is -2.40. The van der Waals surface area contributed by atoms with Crippen LogP contribution >= 0.6 is 0 Å². The van der Waals surface area contributed by atoms with Crippen LogP contribution in [0.15, 0.2) is 94.5 Å². The summed E-state index contributed by atoms with van der Waals surface area (Å²) >= 11 is 0. The summed E-state index contributed by atoms with van der Waals surface area (Å²) in [5, 5.41) is 4.36. The molecule has 0 aliphatic heterocycles. The molecule has 3 heterocycles. The molecule has 4 aromatic rings. The number of hydrogen-bond donors (Lipinski definition) is 0. The van der Waals surface area contributed by atoms with E-state index in [4.69, 9.17) is 4.42 Å². The fourth-order valence-corrected chi connectivity index (χ4v) is 3.14. The highest BCUT2D eigenvalue weighted by atomic mass is 16.3. The lowest BCUT2D eigenvalue weighted by molar-refractivity contribution is -0.121. The molecule has 4 rings (SSSR count). The summed E-state index contributed by atoms with van der Waals surface area (Å²) < 4.78 is 6.55. The maximum Gasteiger partial charge on any atom is 0.267 e. The molecule has 7 heteroatoms. The van der Waals surface area contributed by atoms with Gasteiger partial charge in [0, 0.05) is 12.3 Å². The summed E-state index contributed by atoms with van der Waals surface area (Å²) in [5.74, 6) is 0.742. The van der Waals surface area contributed by atoms with Crippen LogP contribution in [0.1, 0.15) is 18.5 Å². The van der Waals surface area contributed by atoms with Gasteiger partial charge in [-0.2, -0.15) is 5.10 Å². The van der Waals surface area contributed by atoms with Gasteiger partial charge in [0.05, 0.1) is 12.8 Å². The fourth-order valence-electron chi connectivity index (χ4n) is 3.14. The van der Waals surface area contributed by atoms with Crippen molar-refractivity contribution in [1.82, 2.24) is 14.8 Å². The molecule has 0 fully saturated rings. The Labute approximate surface area is 173 Å². The first kappa shape index (κ1) is 19.3. The molecule has 7 nitrogen and oxygen atoms in total. The molecule has 1 amide bonds. The number of carbonyl (C=O) groups excluding carboxylic acids is 1. The highest BCUT2D eigenvalue weighted by Crippen LogP contribution is 2.20. The third-order valence-corrected chi connectivity index (χ3v) is 4.70. The van der Waals surface area contributed by atoms with Crippen LogP contribution in [-0.4, -0.2) is 20.7 Å². The maximum absolute atomic E-state index is 13.5. The summed E-state index contributed by atoms with van der Waals surface area (Å²) in [6.07, 6.45) is 3.16. The second kappa shape index (κ2) is 8.57. The van der Waals surface area contributed by atoms with Crippen molar-refractivity contribution >= 4 is 11.7 Å². The van der Waals surface area contributed by atoms with E-state index in [9.17, 15) is 9.59 Å². The average Bonchev–Trinajstić information content (AvgIpc) is 3.33. The summed E-state index contributed by atoms with van der Waals surface area (Å²) in [6.45, 7) is 1.98. The standard InChI is InChI=1S/C23H20N4O3/c1-17(27-22(28)13-12-19(25-27)20-10-7-15-30-20)23(29)26(21-11-5-6-14-24-21)16-18-8-3-2-4-9-18/h2-15,17H,16H2,1H3. The monoisotopic (exact) mass is 400 g/mol. The molecule has 0 saturated carbocycles. The molecule has 0 bridgehead atoms. The van der Waals surface area contributed by atoms with Crippen LogP contribution in [0.3, 0.4) is 0 Å². The van der Waals surface area contributed by atoms with Crippen LogP contribution in [0.5, 0.6) is 0 Å². The zero-order valence-electron chi connectivity index (χ0n) is 16.4. The summed E-state index contributed by atoms with van der Waals surface area (Å²) in [5.41, 5.74) is 1.06. The minimum Gasteiger partial charge on any atom is -0.463 e. The Morgan fingerprint density at radius 2 is 1.83 bits per heavy atom. The first-order valence-corrected chi connectivity index (χ1v) is 9.53. The molecule has 0 aliphatic carbocycles. The van der Waals surface area contributed by atoms with Crippen molar-refractivity contribution in [1.29, 1.82) is 0 Å². The van der Waals surface area contributed by atoms with Gasteiger partial charge in [-0.15, -0.1) is 0 Å². The molecular formula is C23H20N4O3. The van der Waals surface area contributed by atoms with Crippen LogP contribution in [0.25, 0.3) is 11.5 Å². The van der Waals surface area contributed by atoms with Gasteiger partial charge in [-0.05, 0) is 42.8 Å². The normalized spacial score (nSPS) is 11.8. The first-order valence-electron chi connectivity index (χ1n) is 9.53. The Balaban J connectivity index is 1.69. The van der Waals surface area contributed by atoms with E-state index >= 15 is 0 Å². The zero-order chi connectivity index (χ0) is 20.9. The van der Waals surface area contributed by atoms with Gasteiger partial charge in [0.1, 0.15) is 17.6 Å². The Hall–Kier alpha value is -4.00. The predicted molar refractivity (Wildman–Crippen MR) is 113 cm³/mol. The Morgan fingerprint density at radius 3 is 2.53 bits per heavy atom. The third-order valence-electron chi connectivity index (χ3n) is 4.70. The first-order chi connectivity index (χ1) is 14.6. The van der Waals surface area contributed by atoms with E-state index in [0.717, 1.165) is 5.56 Å². The van der Waals surface area contributed by atoms with E-state index < -0.39 is 6.04 Å². The van der Waals surface area contributed by atoms with E-state index in [1.54, 1.807) is 48.4 Å². The van der Waals surface area contributed by atoms with Gasteiger partial charge < -0.3 is 4.42 Å². The lowest BCUT2D eigenvalue weighted by Gasteiger charge is -2.25. The van der Waals surface area contributed by atoms with Crippen LogP contribution < -0.4 is 10.5 Å². The van der Waals surface area contributed by atoms with Gasteiger partial charge in [-0.3, -0.25) is 14.5 Å². The molecular weight excluding hydrogens is 380 g/mol. The molecule has 3 aromatic heterocycles. The number of nitrogens with zero attached hydrogens (tertiary/aromatic N) is 4. The minimum atomic E-state index is -0.835. The average molecular weight is 400 g/mol. The van der Waals surface area contributed by atoms with E-state index in [2.05, 4.69) is 10.1 Å². The van der Waals surface area contributed by atoms with Gasteiger partial charge >= 0.3 is 0 Å². The highest BCUT2D eigenvalue weighted by Gasteiger charge is 2.26. The largest absolute Gasteiger partial charge is 0.463 e. The molecule has 0 N–H and O–H groups in total. The van der Waals surface area contributed by atoms with Gasteiger partial charge in [-0.1, -0.05) is 36.4 Å². The van der Waals surface area contributed by atoms with Crippen molar-refractivity contribution in [3.63, 3.8) is 0 Å². The van der Waals surface area contributed by atoms with Gasteiger partial charge in [0.25, 0.3) is 11.5 Å². The van der Waals surface area contributed by atoms with Crippen molar-refractivity contribution < 1.29 is 9.21 Å². The van der Waals surface area contributed by atoms with Gasteiger partial charge in [-0.25, -0.2) is 9.67 Å². The maximum atomic E-state index is 13.5. The summed E-state index contributed by atoms with van der Waals surface area (Å²) in [4.78, 5) is 31.8. The third kappa shape index (κ3) is 4.05. The van der Waals surface area contributed by atoms with E-state index in [-0.39, 0.29) is 11.5 Å². The number of hydrogen-bond acceptors (Lipinski definition) is 5. The van der Waals surface area contributed by atoms with Crippen molar-refractivity contribution in [3.05, 3.63) is 101 Å². The number of amides is 1. The summed E-state index contributed by atoms with van der Waals surface area (Å²) in [6, 6.07) is 20.6. The second-order valence-electron chi connectivity index (χ2n) is 6.75. The minimum absolute atomic E-state index is 0.288. The zero-order valence-corrected chi connectivity index (χ0v) is 16.4. The Kier molecular flexibility index (Phi) is 5.52. The molecule has 1 unspecified atom stereocenters. The molecule has 30 heavy (non-hydrogen) atoms. The number of pyridine rings is 1. The van der Waals surface area contributed by atoms with E-state index in [0.29, 0.717) is 23.8 Å². The van der Waals surface area contributed by atoms with Crippen LogP contribution in [0.4, 0.5) is 5.82 Å². The molecule has 1 aromatic carbocycles. The number of rotatable bonds is 6. The van der Waals surface area contributed by atoms with Gasteiger partial charge in [0.2, 0.25) is 0 Å². The smallest absolute Gasteiger partial charge is 0.267 e. The van der Waals surface area contributed by atoms with Gasteiger partial charge in [0.15, 0.2) is 5.76 Å². The Bertz CT molecular complexity index is 1170. The quantitative estimate of drug-likeness (QED) is 0.493. The topological polar surface area (TPSA) is 81.2 Å². The van der Waals surface area contributed by atoms with E-state index in [1.807, 2.05) is 36.4 Å². The van der Waals surface area contributed by atoms with Crippen LogP contribution in [0, 0.1) is 0 Å². The number of benzene rings is 1. The summed E-state index contributed by atoms with van der Waals surface area (Å²) in [7, 11) is 0. The SMILES string of the molecule is CC(C(=O)N(Cc1ccccc1)c1ccccn1)n1nc(-c2ccco2)ccc1=O. The highest BCUT2D eigenvalue weighted by molar-refractivity contribution is 5.94. The molecule has 150 valence electrons. The fraction of sp³-hybridized carbons (Fsp3) is 0.130. The number of anilines is 1. The molecule has 1 atom stereocenters. The Morgan fingerprint density at radius 1 is 1.03 bits per heavy atom. The van der Waals surface area contributed by atoms with Crippen molar-refractivity contribution in [3.8, 4) is 11.5 Å². The van der Waals surface area contributed by atoms with E-state index in [1.165, 1.54) is 17.0 Å². The van der Waals surface area contributed by atoms with Crippen molar-refractivity contribution in [2.45, 2.75) is 19.5 Å². The predicted octanol–water partition coefficient (Wildman–Crippen LogP) is 3.69. The van der Waals surface area contributed by atoms with Crippen LogP contribution in [0.2, 0.25) is 0 Å². The second-order valence-corrected chi connectivity index (χ2v) is 6.75.